The van der Waals surface area contributed by atoms with Gasteiger partial charge in [-0.2, -0.15) is 0 Å². The Kier molecular flexibility index (Phi) is 10.0. The molecule has 0 aliphatic carbocycles. The Morgan fingerprint density at radius 1 is 0.333 bits per heavy atom. The highest BCUT2D eigenvalue weighted by molar-refractivity contribution is 6.12. The number of fused-ring (bicyclic) bond motifs is 5. The number of nitrogens with zero attached hydrogens (tertiary/aromatic N) is 1. The molecule has 11 aromatic rings. The van der Waals surface area contributed by atoms with Crippen molar-refractivity contribution in [2.45, 2.75) is 52.4 Å². The molecule has 2 heteroatoms. The lowest BCUT2D eigenvalue weighted by Crippen LogP contribution is -2.16. The third-order valence-electron chi connectivity index (χ3n) is 13.4. The number of anilines is 3. The summed E-state index contributed by atoms with van der Waals surface area (Å²) in [4.78, 5) is 2.48. The van der Waals surface area contributed by atoms with E-state index in [1.54, 1.807) is 0 Å². The summed E-state index contributed by atoms with van der Waals surface area (Å²) < 4.78 is 6.43. The van der Waals surface area contributed by atoms with E-state index in [1.165, 1.54) is 66.1 Å². The fourth-order valence-electron chi connectivity index (χ4n) is 9.93. The lowest BCUT2D eigenvalue weighted by molar-refractivity contribution is 0.569. The van der Waals surface area contributed by atoms with Crippen molar-refractivity contribution < 1.29 is 4.42 Å². The van der Waals surface area contributed by atoms with Crippen molar-refractivity contribution in [1.29, 1.82) is 0 Å². The maximum absolute atomic E-state index is 6.43. The Hall–Kier alpha value is -7.68. The average molecular weight is 852 g/mol. The van der Waals surface area contributed by atoms with Crippen LogP contribution >= 0.6 is 0 Å². The van der Waals surface area contributed by atoms with Crippen LogP contribution in [0.2, 0.25) is 0 Å². The maximum Gasteiger partial charge on any atom is 0.135 e. The molecule has 0 radical (unpaired) electrons. The maximum atomic E-state index is 6.43. The molecular weight excluding hydrogens is 799 g/mol. The molecule has 0 saturated heterocycles. The van der Waals surface area contributed by atoms with Crippen LogP contribution in [-0.2, 0) is 10.8 Å². The van der Waals surface area contributed by atoms with Crippen molar-refractivity contribution in [3.63, 3.8) is 0 Å². The van der Waals surface area contributed by atoms with Gasteiger partial charge in [-0.05, 0) is 113 Å². The number of benzene rings is 10. The first-order valence-electron chi connectivity index (χ1n) is 23.2. The van der Waals surface area contributed by atoms with E-state index >= 15 is 0 Å². The molecule has 0 fully saturated rings. The minimum atomic E-state index is -0.0166. The summed E-state index contributed by atoms with van der Waals surface area (Å²) in [6.45, 7) is 13.9. The van der Waals surface area contributed by atoms with Gasteiger partial charge in [-0.1, -0.05) is 217 Å². The van der Waals surface area contributed by atoms with Gasteiger partial charge < -0.3 is 9.32 Å². The smallest absolute Gasteiger partial charge is 0.135 e. The highest BCUT2D eigenvalue weighted by Crippen LogP contribution is 2.50. The van der Waals surface area contributed by atoms with Gasteiger partial charge in [0.2, 0.25) is 0 Å². The third kappa shape index (κ3) is 7.24. The molecule has 0 amide bonds. The minimum Gasteiger partial charge on any atom is -0.456 e. The molecule has 0 spiro atoms. The highest BCUT2D eigenvalue weighted by atomic mass is 16.3. The molecule has 10 aromatic carbocycles. The molecule has 0 N–H and O–H groups in total. The van der Waals surface area contributed by atoms with Crippen LogP contribution in [0, 0.1) is 0 Å². The normalized spacial score (nSPS) is 12.1. The molecule has 66 heavy (non-hydrogen) atoms. The molecule has 0 aliphatic heterocycles. The van der Waals surface area contributed by atoms with Gasteiger partial charge >= 0.3 is 0 Å². The fraction of sp³-hybridized carbons (Fsp3) is 0.125. The largest absolute Gasteiger partial charge is 0.456 e. The Morgan fingerprint density at radius 2 is 0.788 bits per heavy atom. The van der Waals surface area contributed by atoms with Gasteiger partial charge in [0.25, 0.3) is 0 Å². The van der Waals surface area contributed by atoms with Crippen LogP contribution in [0.3, 0.4) is 0 Å². The second-order valence-electron chi connectivity index (χ2n) is 19.7. The zero-order valence-electron chi connectivity index (χ0n) is 38.6. The molecule has 0 aliphatic rings. The minimum absolute atomic E-state index is 0.0166. The van der Waals surface area contributed by atoms with E-state index in [-0.39, 0.29) is 10.8 Å². The van der Waals surface area contributed by atoms with Crippen molar-refractivity contribution >= 4 is 60.5 Å². The molecule has 0 atom stereocenters. The highest BCUT2D eigenvalue weighted by Gasteiger charge is 2.26. The number of hydrogen-bond donors (Lipinski definition) is 0. The fourth-order valence-corrected chi connectivity index (χ4v) is 9.93. The molecule has 0 saturated carbocycles. The van der Waals surface area contributed by atoms with Crippen molar-refractivity contribution in [2.24, 2.45) is 0 Å². The van der Waals surface area contributed by atoms with Crippen LogP contribution in [0.5, 0.6) is 0 Å². The van der Waals surface area contributed by atoms with Gasteiger partial charge in [0, 0.05) is 27.6 Å². The summed E-state index contributed by atoms with van der Waals surface area (Å²) in [5, 5.41) is 7.07. The molecule has 11 rings (SSSR count). The molecular formula is C64H53NO. The lowest BCUT2D eigenvalue weighted by Gasteiger charge is -2.31. The zero-order valence-corrected chi connectivity index (χ0v) is 38.6. The number of rotatable bonds is 7. The monoisotopic (exact) mass is 851 g/mol. The lowest BCUT2D eigenvalue weighted by atomic mass is 9.78. The van der Waals surface area contributed by atoms with Gasteiger partial charge in [0.1, 0.15) is 11.2 Å². The quantitative estimate of drug-likeness (QED) is 0.159. The van der Waals surface area contributed by atoms with E-state index in [0.29, 0.717) is 0 Å². The van der Waals surface area contributed by atoms with E-state index in [1.807, 2.05) is 6.07 Å². The predicted molar refractivity (Wildman–Crippen MR) is 283 cm³/mol. The SMILES string of the molecule is CC(C)(C)c1cc(-c2cccc3cccc(-c4ccccc4N(c4ccc5oc6ccccc6c5c4)c4ccccc4-c4cccc5cccc(-c6ccccc6)c45)c23)cc(C(C)(C)C)c1. The molecule has 0 unspecified atom stereocenters. The first kappa shape index (κ1) is 41.1. The van der Waals surface area contributed by atoms with E-state index < -0.39 is 0 Å². The summed E-state index contributed by atoms with van der Waals surface area (Å²) in [6.07, 6.45) is 0. The number of para-hydroxylation sites is 3. The average Bonchev–Trinajstić information content (AvgIpc) is 3.71. The Morgan fingerprint density at radius 3 is 1.35 bits per heavy atom. The van der Waals surface area contributed by atoms with Crippen LogP contribution in [0.1, 0.15) is 52.7 Å². The number of furan rings is 1. The van der Waals surface area contributed by atoms with Crippen LogP contribution in [0.4, 0.5) is 17.1 Å². The van der Waals surface area contributed by atoms with Crippen molar-refractivity contribution in [3.8, 4) is 44.5 Å². The molecule has 0 bridgehead atoms. The Bertz CT molecular complexity index is 3570. The van der Waals surface area contributed by atoms with Crippen molar-refractivity contribution in [3.05, 3.63) is 223 Å². The molecule has 1 heterocycles. The van der Waals surface area contributed by atoms with E-state index in [4.69, 9.17) is 4.42 Å². The summed E-state index contributed by atoms with van der Waals surface area (Å²) >= 11 is 0. The van der Waals surface area contributed by atoms with Crippen molar-refractivity contribution in [1.82, 2.24) is 0 Å². The summed E-state index contributed by atoms with van der Waals surface area (Å²) in [7, 11) is 0. The van der Waals surface area contributed by atoms with Gasteiger partial charge in [0.15, 0.2) is 0 Å². The van der Waals surface area contributed by atoms with E-state index in [0.717, 1.165) is 50.1 Å². The second-order valence-corrected chi connectivity index (χ2v) is 19.7. The number of hydrogen-bond acceptors (Lipinski definition) is 2. The molecule has 1 aromatic heterocycles. The van der Waals surface area contributed by atoms with E-state index in [2.05, 4.69) is 253 Å². The molecule has 2 nitrogen and oxygen atoms in total. The van der Waals surface area contributed by atoms with E-state index in [9.17, 15) is 0 Å². The molecule has 320 valence electrons. The second kappa shape index (κ2) is 16.1. The first-order valence-corrected chi connectivity index (χ1v) is 23.2. The standard InChI is InChI=1S/C64H53NO/c1-63(2,3)46-38-45(39-47(40-46)64(4,5)6)50-30-17-23-44-25-19-32-55(62(44)50)52-27-11-14-34-58(52)65(48-36-37-60-56(41-48)53-28-12-15-35-59(53)66-60)57-33-13-10-26-51(57)54-31-18-24-43-22-16-29-49(61(43)54)42-20-8-7-9-21-42/h7-41H,1-6H3. The topological polar surface area (TPSA) is 16.4 Å². The van der Waals surface area contributed by atoms with Gasteiger partial charge in [-0.15, -0.1) is 0 Å². The summed E-state index contributed by atoms with van der Waals surface area (Å²) in [5.41, 5.74) is 17.2. The predicted octanol–water partition coefficient (Wildman–Crippen LogP) is 18.6. The van der Waals surface area contributed by atoms with Gasteiger partial charge in [-0.25, -0.2) is 0 Å². The van der Waals surface area contributed by atoms with Crippen molar-refractivity contribution in [2.75, 3.05) is 4.90 Å². The zero-order chi connectivity index (χ0) is 45.2. The Labute approximate surface area is 388 Å². The van der Waals surface area contributed by atoms with Crippen LogP contribution < -0.4 is 4.90 Å². The van der Waals surface area contributed by atoms with Gasteiger partial charge in [-0.3, -0.25) is 0 Å². The summed E-state index contributed by atoms with van der Waals surface area (Å²) in [6, 6.07) is 77.9. The van der Waals surface area contributed by atoms with Crippen LogP contribution in [0.15, 0.2) is 217 Å². The van der Waals surface area contributed by atoms with Crippen LogP contribution in [-0.4, -0.2) is 0 Å². The van der Waals surface area contributed by atoms with Crippen LogP contribution in [0.25, 0.3) is 88.0 Å². The first-order chi connectivity index (χ1) is 32.0. The third-order valence-corrected chi connectivity index (χ3v) is 13.4. The van der Waals surface area contributed by atoms with Gasteiger partial charge in [0.05, 0.1) is 11.4 Å². The summed E-state index contributed by atoms with van der Waals surface area (Å²) in [5.74, 6) is 0. The Balaban J connectivity index is 1.20.